The summed E-state index contributed by atoms with van der Waals surface area (Å²) < 4.78 is 0. The second kappa shape index (κ2) is 6.64. The van der Waals surface area contributed by atoms with Gasteiger partial charge >= 0.3 is 0 Å². The fraction of sp³-hybridized carbons (Fsp3) is 0.400. The van der Waals surface area contributed by atoms with Gasteiger partial charge in [0.25, 0.3) is 0 Å². The molecule has 1 aliphatic rings. The van der Waals surface area contributed by atoms with Crippen molar-refractivity contribution in [2.75, 3.05) is 0 Å². The Hall–Kier alpha value is -1.64. The van der Waals surface area contributed by atoms with Gasteiger partial charge in [0.2, 0.25) is 0 Å². The lowest BCUT2D eigenvalue weighted by atomic mass is 9.78. The third-order valence-corrected chi connectivity index (χ3v) is 4.53. The molecular weight excluding hydrogens is 270 g/mol. The maximum Gasteiger partial charge on any atom is 0.0717 e. The van der Waals surface area contributed by atoms with Crippen LogP contribution in [0.4, 0.5) is 0 Å². The number of hydrogen-bond donors (Lipinski definition) is 2. The highest BCUT2D eigenvalue weighted by molar-refractivity contribution is 5.19. The standard InChI is InChI=1S/C20H25NO/c1-16-13-20(22,14-18-10-6-3-7-11-18)15-19(21-16)12-17-8-4-2-5-9-17/h2-11,16,19,21-22H,12-15H2,1H3/t16-,19+,20-/m1/s1. The predicted molar refractivity (Wildman–Crippen MR) is 90.9 cm³/mol. The molecule has 2 nitrogen and oxygen atoms in total. The van der Waals surface area contributed by atoms with Crippen LogP contribution in [0.25, 0.3) is 0 Å². The van der Waals surface area contributed by atoms with Gasteiger partial charge in [0, 0.05) is 18.5 Å². The normalized spacial score (nSPS) is 28.5. The molecule has 1 heterocycles. The van der Waals surface area contributed by atoms with E-state index < -0.39 is 5.60 Å². The molecule has 0 bridgehead atoms. The number of nitrogens with one attached hydrogen (secondary N) is 1. The lowest BCUT2D eigenvalue weighted by Gasteiger charge is -2.41. The predicted octanol–water partition coefficient (Wildman–Crippen LogP) is 3.34. The molecule has 2 heteroatoms. The van der Waals surface area contributed by atoms with Gasteiger partial charge in [0.05, 0.1) is 5.60 Å². The van der Waals surface area contributed by atoms with Crippen LogP contribution in [0.15, 0.2) is 60.7 Å². The van der Waals surface area contributed by atoms with Crippen molar-refractivity contribution in [2.24, 2.45) is 0 Å². The number of benzene rings is 2. The van der Waals surface area contributed by atoms with Crippen molar-refractivity contribution < 1.29 is 5.11 Å². The zero-order chi connectivity index (χ0) is 15.4. The molecule has 2 aromatic rings. The summed E-state index contributed by atoms with van der Waals surface area (Å²) in [5, 5.41) is 14.7. The Labute approximate surface area is 133 Å². The summed E-state index contributed by atoms with van der Waals surface area (Å²) in [5.41, 5.74) is 1.94. The van der Waals surface area contributed by atoms with Crippen molar-refractivity contribution in [2.45, 2.75) is 50.3 Å². The third-order valence-electron chi connectivity index (χ3n) is 4.53. The third kappa shape index (κ3) is 3.96. The first-order valence-corrected chi connectivity index (χ1v) is 8.19. The van der Waals surface area contributed by atoms with E-state index in [0.29, 0.717) is 12.1 Å². The number of aliphatic hydroxyl groups is 1. The average molecular weight is 295 g/mol. The van der Waals surface area contributed by atoms with E-state index >= 15 is 0 Å². The highest BCUT2D eigenvalue weighted by atomic mass is 16.3. The van der Waals surface area contributed by atoms with Crippen LogP contribution < -0.4 is 5.32 Å². The maximum absolute atomic E-state index is 11.1. The molecule has 0 saturated carbocycles. The average Bonchev–Trinajstić information content (AvgIpc) is 2.47. The summed E-state index contributed by atoms with van der Waals surface area (Å²) >= 11 is 0. The van der Waals surface area contributed by atoms with Crippen LogP contribution in [0.5, 0.6) is 0 Å². The molecule has 2 N–H and O–H groups in total. The molecule has 1 fully saturated rings. The molecule has 3 atom stereocenters. The minimum atomic E-state index is -0.606. The van der Waals surface area contributed by atoms with Gasteiger partial charge in [-0.05, 0) is 37.3 Å². The summed E-state index contributed by atoms with van der Waals surface area (Å²) in [7, 11) is 0. The van der Waals surface area contributed by atoms with Gasteiger partial charge < -0.3 is 10.4 Å². The van der Waals surface area contributed by atoms with Crippen LogP contribution in [0.3, 0.4) is 0 Å². The Morgan fingerprint density at radius 2 is 1.55 bits per heavy atom. The number of rotatable bonds is 4. The van der Waals surface area contributed by atoms with Crippen molar-refractivity contribution in [3.05, 3.63) is 71.8 Å². The fourth-order valence-corrected chi connectivity index (χ4v) is 3.78. The van der Waals surface area contributed by atoms with Gasteiger partial charge in [0.1, 0.15) is 0 Å². The van der Waals surface area contributed by atoms with Crippen LogP contribution in [0.2, 0.25) is 0 Å². The summed E-state index contributed by atoms with van der Waals surface area (Å²) in [5.74, 6) is 0. The molecule has 0 radical (unpaired) electrons. The number of piperidine rings is 1. The van der Waals surface area contributed by atoms with E-state index in [1.54, 1.807) is 0 Å². The second-order valence-corrected chi connectivity index (χ2v) is 6.75. The van der Waals surface area contributed by atoms with Gasteiger partial charge in [-0.2, -0.15) is 0 Å². The zero-order valence-corrected chi connectivity index (χ0v) is 13.2. The van der Waals surface area contributed by atoms with E-state index in [4.69, 9.17) is 0 Å². The Bertz CT molecular complexity index is 583. The van der Waals surface area contributed by atoms with Crippen LogP contribution in [0.1, 0.15) is 30.9 Å². The minimum Gasteiger partial charge on any atom is -0.389 e. The lowest BCUT2D eigenvalue weighted by molar-refractivity contribution is -0.0167. The summed E-state index contributed by atoms with van der Waals surface area (Å²) in [4.78, 5) is 0. The molecule has 3 rings (SSSR count). The number of hydrogen-bond acceptors (Lipinski definition) is 2. The van der Waals surface area contributed by atoms with E-state index in [2.05, 4.69) is 48.6 Å². The molecule has 0 aromatic heterocycles. The van der Waals surface area contributed by atoms with Crippen molar-refractivity contribution in [3.63, 3.8) is 0 Å². The van der Waals surface area contributed by atoms with E-state index in [1.807, 2.05) is 24.3 Å². The smallest absolute Gasteiger partial charge is 0.0717 e. The van der Waals surface area contributed by atoms with Gasteiger partial charge in [-0.3, -0.25) is 0 Å². The summed E-state index contributed by atoms with van der Waals surface area (Å²) in [6.07, 6.45) is 3.34. The first-order valence-electron chi connectivity index (χ1n) is 8.19. The minimum absolute atomic E-state index is 0.333. The summed E-state index contributed by atoms with van der Waals surface area (Å²) in [6.45, 7) is 2.17. The molecule has 0 amide bonds. The van der Waals surface area contributed by atoms with Crippen LogP contribution >= 0.6 is 0 Å². The molecule has 116 valence electrons. The highest BCUT2D eigenvalue weighted by Crippen LogP contribution is 2.30. The molecule has 0 spiro atoms. The molecule has 2 aromatic carbocycles. The summed E-state index contributed by atoms with van der Waals surface area (Å²) in [6, 6.07) is 21.5. The van der Waals surface area contributed by atoms with Gasteiger partial charge in [-0.1, -0.05) is 60.7 Å². The first-order chi connectivity index (χ1) is 10.6. The van der Waals surface area contributed by atoms with E-state index in [1.165, 1.54) is 11.1 Å². The molecule has 0 unspecified atom stereocenters. The van der Waals surface area contributed by atoms with Crippen LogP contribution in [0, 0.1) is 0 Å². The Morgan fingerprint density at radius 3 is 2.18 bits per heavy atom. The zero-order valence-electron chi connectivity index (χ0n) is 13.2. The molecule has 1 saturated heterocycles. The maximum atomic E-state index is 11.1. The van der Waals surface area contributed by atoms with E-state index in [9.17, 15) is 5.11 Å². The van der Waals surface area contributed by atoms with Crippen molar-refractivity contribution in [3.8, 4) is 0 Å². The topological polar surface area (TPSA) is 32.3 Å². The van der Waals surface area contributed by atoms with Gasteiger partial charge in [-0.15, -0.1) is 0 Å². The second-order valence-electron chi connectivity index (χ2n) is 6.75. The highest BCUT2D eigenvalue weighted by Gasteiger charge is 2.37. The van der Waals surface area contributed by atoms with Crippen molar-refractivity contribution >= 4 is 0 Å². The lowest BCUT2D eigenvalue weighted by Crippen LogP contribution is -2.54. The molecular formula is C20H25NO. The Morgan fingerprint density at radius 1 is 0.955 bits per heavy atom. The molecule has 0 aliphatic carbocycles. The Balaban J connectivity index is 1.70. The quantitative estimate of drug-likeness (QED) is 0.906. The van der Waals surface area contributed by atoms with Crippen LogP contribution in [-0.2, 0) is 12.8 Å². The van der Waals surface area contributed by atoms with Gasteiger partial charge in [0.15, 0.2) is 0 Å². The van der Waals surface area contributed by atoms with Crippen molar-refractivity contribution in [1.29, 1.82) is 0 Å². The van der Waals surface area contributed by atoms with Crippen LogP contribution in [-0.4, -0.2) is 22.8 Å². The van der Waals surface area contributed by atoms with E-state index in [-0.39, 0.29) is 0 Å². The molecule has 22 heavy (non-hydrogen) atoms. The SMILES string of the molecule is C[C@@H]1C[C@@](O)(Cc2ccccc2)C[C@H](Cc2ccccc2)N1. The van der Waals surface area contributed by atoms with E-state index in [0.717, 1.165) is 25.7 Å². The van der Waals surface area contributed by atoms with Gasteiger partial charge in [-0.25, -0.2) is 0 Å². The molecule has 1 aliphatic heterocycles. The first kappa shape index (κ1) is 15.3. The fourth-order valence-electron chi connectivity index (χ4n) is 3.78. The van der Waals surface area contributed by atoms with Crippen molar-refractivity contribution in [1.82, 2.24) is 5.32 Å². The largest absolute Gasteiger partial charge is 0.389 e. The Kier molecular flexibility index (Phi) is 4.60. The monoisotopic (exact) mass is 295 g/mol.